The van der Waals surface area contributed by atoms with Gasteiger partial charge in [0.2, 0.25) is 5.91 Å². The van der Waals surface area contributed by atoms with Crippen molar-refractivity contribution in [2.75, 3.05) is 5.32 Å². The maximum absolute atomic E-state index is 11.7. The molecule has 1 aliphatic rings. The molecule has 0 aromatic carbocycles. The number of carbonyl (C=O) groups is 1. The topological polar surface area (TPSA) is 83.6 Å². The second-order valence-corrected chi connectivity index (χ2v) is 9.26. The fourth-order valence-electron chi connectivity index (χ4n) is 3.49. The Bertz CT molecular complexity index is 1020. The quantitative estimate of drug-likeness (QED) is 0.710. The number of amides is 1. The van der Waals surface area contributed by atoms with Crippen molar-refractivity contribution in [3.05, 3.63) is 47.2 Å². The smallest absolute Gasteiger partial charge is 0.230 e. The number of nitrogens with zero attached hydrogens (tertiary/aromatic N) is 3. The number of nitrogens with one attached hydrogen (secondary N) is 2. The summed E-state index contributed by atoms with van der Waals surface area (Å²) < 4.78 is 0. The molecule has 1 amide bonds. The minimum absolute atomic E-state index is 0.0195. The van der Waals surface area contributed by atoms with Gasteiger partial charge in [-0.05, 0) is 24.6 Å². The van der Waals surface area contributed by atoms with Gasteiger partial charge in [0.15, 0.2) is 0 Å². The van der Waals surface area contributed by atoms with Crippen LogP contribution < -0.4 is 5.32 Å². The monoisotopic (exact) mass is 381 g/mol. The zero-order valence-electron chi connectivity index (χ0n) is 16.0. The molecule has 3 aromatic rings. The van der Waals surface area contributed by atoms with Crippen LogP contribution in [0.15, 0.2) is 24.7 Å². The Kier molecular flexibility index (Phi) is 4.42. The van der Waals surface area contributed by atoms with Crippen LogP contribution in [0.2, 0.25) is 0 Å². The summed E-state index contributed by atoms with van der Waals surface area (Å²) in [5.74, 6) is 1.56. The van der Waals surface area contributed by atoms with Crippen molar-refractivity contribution in [1.29, 1.82) is 0 Å². The Hall–Kier alpha value is -2.41. The highest BCUT2D eigenvalue weighted by atomic mass is 32.2. The van der Waals surface area contributed by atoms with Crippen LogP contribution in [-0.4, -0.2) is 25.8 Å². The Labute approximate surface area is 162 Å². The number of pyridine rings is 1. The lowest BCUT2D eigenvalue weighted by molar-refractivity contribution is -0.115. The average molecular weight is 382 g/mol. The number of aromatic amines is 1. The normalized spacial score (nSPS) is 15.0. The van der Waals surface area contributed by atoms with Gasteiger partial charge in [-0.15, -0.1) is 11.8 Å². The number of rotatable bonds is 4. The number of H-pyrrole nitrogens is 1. The molecule has 27 heavy (non-hydrogen) atoms. The molecule has 1 atom stereocenters. The van der Waals surface area contributed by atoms with Crippen LogP contribution in [0.4, 0.5) is 5.82 Å². The molecular weight excluding hydrogens is 358 g/mol. The first kappa shape index (κ1) is 18.0. The molecule has 1 aliphatic heterocycles. The van der Waals surface area contributed by atoms with E-state index in [9.17, 15) is 4.79 Å². The summed E-state index contributed by atoms with van der Waals surface area (Å²) in [5, 5.41) is 4.17. The van der Waals surface area contributed by atoms with E-state index in [0.29, 0.717) is 12.2 Å². The zero-order valence-corrected chi connectivity index (χ0v) is 16.8. The molecule has 1 unspecified atom stereocenters. The first-order valence-corrected chi connectivity index (χ1v) is 10.1. The maximum Gasteiger partial charge on any atom is 0.230 e. The van der Waals surface area contributed by atoms with E-state index >= 15 is 0 Å². The number of carbonyl (C=O) groups excluding carboxylic acids is 1. The van der Waals surface area contributed by atoms with E-state index in [1.54, 1.807) is 12.5 Å². The van der Waals surface area contributed by atoms with E-state index in [1.807, 2.05) is 17.8 Å². The lowest BCUT2D eigenvalue weighted by Crippen LogP contribution is -2.13. The summed E-state index contributed by atoms with van der Waals surface area (Å²) in [6.45, 7) is 8.67. The number of anilines is 1. The van der Waals surface area contributed by atoms with Crippen molar-refractivity contribution >= 4 is 34.5 Å². The molecule has 0 radical (unpaired) electrons. The third-order valence-electron chi connectivity index (χ3n) is 4.81. The predicted molar refractivity (Wildman–Crippen MR) is 109 cm³/mol. The highest BCUT2D eigenvalue weighted by Crippen LogP contribution is 2.37. The molecule has 7 heteroatoms. The Balaban J connectivity index is 1.55. The largest absolute Gasteiger partial charge is 0.342 e. The SMILES string of the molecule is CC(SCc1cc2c(C(C)(C)C)ncnc2[nH]1)c1ccnc2c1CC(=O)N2. The second kappa shape index (κ2) is 6.64. The lowest BCUT2D eigenvalue weighted by atomic mass is 9.90. The van der Waals surface area contributed by atoms with Gasteiger partial charge in [-0.3, -0.25) is 4.79 Å². The molecule has 4 heterocycles. The van der Waals surface area contributed by atoms with Crippen molar-refractivity contribution in [3.8, 4) is 0 Å². The summed E-state index contributed by atoms with van der Waals surface area (Å²) in [6.07, 6.45) is 3.81. The maximum atomic E-state index is 11.7. The summed E-state index contributed by atoms with van der Waals surface area (Å²) in [7, 11) is 0. The van der Waals surface area contributed by atoms with E-state index < -0.39 is 0 Å². The van der Waals surface area contributed by atoms with E-state index in [-0.39, 0.29) is 16.6 Å². The summed E-state index contributed by atoms with van der Waals surface area (Å²) in [4.78, 5) is 28.3. The lowest BCUT2D eigenvalue weighted by Gasteiger charge is -2.17. The summed E-state index contributed by atoms with van der Waals surface area (Å²) >= 11 is 1.83. The minimum Gasteiger partial charge on any atom is -0.342 e. The van der Waals surface area contributed by atoms with Crippen molar-refractivity contribution in [1.82, 2.24) is 19.9 Å². The van der Waals surface area contributed by atoms with Crippen molar-refractivity contribution in [2.45, 2.75) is 50.5 Å². The third-order valence-corrected chi connectivity index (χ3v) is 6.04. The Morgan fingerprint density at radius 2 is 2.07 bits per heavy atom. The van der Waals surface area contributed by atoms with Gasteiger partial charge in [-0.25, -0.2) is 15.0 Å². The number of fused-ring (bicyclic) bond motifs is 2. The molecule has 4 rings (SSSR count). The molecule has 0 aliphatic carbocycles. The molecule has 6 nitrogen and oxygen atoms in total. The first-order valence-electron chi connectivity index (χ1n) is 9.05. The van der Waals surface area contributed by atoms with Crippen molar-refractivity contribution in [3.63, 3.8) is 0 Å². The molecule has 2 N–H and O–H groups in total. The first-order chi connectivity index (χ1) is 12.8. The Morgan fingerprint density at radius 1 is 1.26 bits per heavy atom. The van der Waals surface area contributed by atoms with E-state index in [0.717, 1.165) is 33.7 Å². The van der Waals surface area contributed by atoms with Gasteiger partial charge in [0.05, 0.1) is 12.1 Å². The van der Waals surface area contributed by atoms with Crippen LogP contribution in [0.25, 0.3) is 11.0 Å². The van der Waals surface area contributed by atoms with Gasteiger partial charge in [-0.1, -0.05) is 20.8 Å². The number of hydrogen-bond donors (Lipinski definition) is 2. The molecule has 3 aromatic heterocycles. The van der Waals surface area contributed by atoms with Crippen molar-refractivity contribution < 1.29 is 4.79 Å². The molecular formula is C20H23N5OS. The van der Waals surface area contributed by atoms with E-state index in [1.165, 1.54) is 5.56 Å². The second-order valence-electron chi connectivity index (χ2n) is 7.93. The third kappa shape index (κ3) is 3.43. The fraction of sp³-hybridized carbons (Fsp3) is 0.400. The molecule has 0 saturated carbocycles. The van der Waals surface area contributed by atoms with Crippen LogP contribution >= 0.6 is 11.8 Å². The van der Waals surface area contributed by atoms with Gasteiger partial charge in [0.25, 0.3) is 0 Å². The predicted octanol–water partition coefficient (Wildman–Crippen LogP) is 4.14. The molecule has 0 saturated heterocycles. The number of aromatic nitrogens is 4. The fourth-order valence-corrected chi connectivity index (χ4v) is 4.48. The minimum atomic E-state index is -0.0295. The summed E-state index contributed by atoms with van der Waals surface area (Å²) in [6, 6.07) is 4.18. The standard InChI is InChI=1S/C20H23N5OS/c1-11(13-5-6-21-18-14(13)8-16(26)25-18)27-9-12-7-15-17(20(2,3)4)22-10-23-19(15)24-12/h5-7,10-11H,8-9H2,1-4H3,(H,21,25,26)(H,22,23,24). The number of thioether (sulfide) groups is 1. The van der Waals surface area contributed by atoms with Gasteiger partial charge >= 0.3 is 0 Å². The summed E-state index contributed by atoms with van der Waals surface area (Å²) in [5.41, 5.74) is 5.25. The average Bonchev–Trinajstić information content (AvgIpc) is 3.19. The van der Waals surface area contributed by atoms with Crippen LogP contribution in [0.5, 0.6) is 0 Å². The van der Waals surface area contributed by atoms with Crippen LogP contribution in [0.3, 0.4) is 0 Å². The van der Waals surface area contributed by atoms with Gasteiger partial charge in [0, 0.05) is 39.3 Å². The van der Waals surface area contributed by atoms with Crippen LogP contribution in [-0.2, 0) is 22.4 Å². The van der Waals surface area contributed by atoms with Crippen molar-refractivity contribution in [2.24, 2.45) is 0 Å². The van der Waals surface area contributed by atoms with Gasteiger partial charge in [-0.2, -0.15) is 0 Å². The van der Waals surface area contributed by atoms with E-state index in [2.05, 4.69) is 59.0 Å². The van der Waals surface area contributed by atoms with Crippen LogP contribution in [0.1, 0.15) is 55.5 Å². The van der Waals surface area contributed by atoms with E-state index in [4.69, 9.17) is 0 Å². The van der Waals surface area contributed by atoms with Gasteiger partial charge < -0.3 is 10.3 Å². The van der Waals surface area contributed by atoms with Gasteiger partial charge in [0.1, 0.15) is 17.8 Å². The molecule has 0 fully saturated rings. The number of hydrogen-bond acceptors (Lipinski definition) is 5. The molecule has 0 bridgehead atoms. The zero-order chi connectivity index (χ0) is 19.2. The molecule has 140 valence electrons. The Morgan fingerprint density at radius 3 is 2.85 bits per heavy atom. The molecule has 0 spiro atoms. The van der Waals surface area contributed by atoms with Crippen LogP contribution in [0, 0.1) is 0 Å². The highest BCUT2D eigenvalue weighted by Gasteiger charge is 2.24. The highest BCUT2D eigenvalue weighted by molar-refractivity contribution is 7.98.